The number of nitrogens with one attached hydrogen (secondary N) is 1. The molecule has 0 aliphatic heterocycles. The van der Waals surface area contributed by atoms with Gasteiger partial charge in [-0.1, -0.05) is 6.07 Å². The Morgan fingerprint density at radius 2 is 2.21 bits per heavy atom. The van der Waals surface area contributed by atoms with E-state index >= 15 is 0 Å². The van der Waals surface area contributed by atoms with Crippen molar-refractivity contribution in [2.45, 2.75) is 32.2 Å². The first-order valence-electron chi connectivity index (χ1n) is 6.27. The summed E-state index contributed by atoms with van der Waals surface area (Å²) in [4.78, 5) is 11.3. The second kappa shape index (κ2) is 6.52. The van der Waals surface area contributed by atoms with E-state index < -0.39 is 11.4 Å². The highest BCUT2D eigenvalue weighted by atomic mass is 19.1. The monoisotopic (exact) mass is 268 g/mol. The van der Waals surface area contributed by atoms with E-state index in [1.54, 1.807) is 20.0 Å². The van der Waals surface area contributed by atoms with E-state index in [4.69, 9.17) is 10.5 Å². The molecule has 1 atom stereocenters. The number of rotatable bonds is 7. The molecule has 1 unspecified atom stereocenters. The van der Waals surface area contributed by atoms with E-state index in [0.717, 1.165) is 5.56 Å². The number of carbonyl (C=O) groups excluding carboxylic acids is 1. The number of primary amides is 1. The Labute approximate surface area is 113 Å². The molecule has 106 valence electrons. The molecule has 4 nitrogen and oxygen atoms in total. The van der Waals surface area contributed by atoms with E-state index in [1.807, 2.05) is 6.92 Å². The highest BCUT2D eigenvalue weighted by molar-refractivity contribution is 5.84. The van der Waals surface area contributed by atoms with Crippen molar-refractivity contribution in [1.29, 1.82) is 0 Å². The first-order valence-corrected chi connectivity index (χ1v) is 6.27. The van der Waals surface area contributed by atoms with Gasteiger partial charge in [-0.3, -0.25) is 4.79 Å². The first kappa shape index (κ1) is 15.4. The van der Waals surface area contributed by atoms with Crippen LogP contribution in [0.2, 0.25) is 0 Å². The molecule has 0 aliphatic rings. The third-order valence-electron chi connectivity index (χ3n) is 3.32. The van der Waals surface area contributed by atoms with Crippen LogP contribution in [0.3, 0.4) is 0 Å². The van der Waals surface area contributed by atoms with Crippen molar-refractivity contribution in [1.82, 2.24) is 5.32 Å². The van der Waals surface area contributed by atoms with E-state index in [1.165, 1.54) is 12.1 Å². The lowest BCUT2D eigenvalue weighted by Gasteiger charge is -2.25. The van der Waals surface area contributed by atoms with E-state index in [-0.39, 0.29) is 5.82 Å². The highest BCUT2D eigenvalue weighted by Gasteiger charge is 2.28. The molecule has 0 saturated carbocycles. The maximum absolute atomic E-state index is 13.1. The molecule has 0 spiro atoms. The van der Waals surface area contributed by atoms with Crippen molar-refractivity contribution >= 4 is 5.91 Å². The number of aryl methyl sites for hydroxylation is 1. The third-order valence-corrected chi connectivity index (χ3v) is 3.32. The highest BCUT2D eigenvalue weighted by Crippen LogP contribution is 2.19. The largest absolute Gasteiger partial charge is 0.493 e. The number of benzene rings is 1. The van der Waals surface area contributed by atoms with Gasteiger partial charge in [0.1, 0.15) is 11.6 Å². The van der Waals surface area contributed by atoms with Gasteiger partial charge in [0, 0.05) is 6.07 Å². The van der Waals surface area contributed by atoms with Gasteiger partial charge in [0.15, 0.2) is 0 Å². The second-order valence-corrected chi connectivity index (χ2v) is 4.81. The smallest absolute Gasteiger partial charge is 0.237 e. The molecule has 0 saturated heterocycles. The van der Waals surface area contributed by atoms with Crippen LogP contribution in [0.25, 0.3) is 0 Å². The van der Waals surface area contributed by atoms with Crippen LogP contribution in [0.1, 0.15) is 25.3 Å². The van der Waals surface area contributed by atoms with Gasteiger partial charge in [0.25, 0.3) is 0 Å². The fourth-order valence-electron chi connectivity index (χ4n) is 1.71. The van der Waals surface area contributed by atoms with Gasteiger partial charge in [0.05, 0.1) is 12.1 Å². The lowest BCUT2D eigenvalue weighted by atomic mass is 9.95. The zero-order valence-corrected chi connectivity index (χ0v) is 11.6. The Bertz CT molecular complexity index is 451. The molecule has 0 fully saturated rings. The second-order valence-electron chi connectivity index (χ2n) is 4.81. The third kappa shape index (κ3) is 4.21. The van der Waals surface area contributed by atoms with Gasteiger partial charge in [-0.25, -0.2) is 4.39 Å². The van der Waals surface area contributed by atoms with Gasteiger partial charge in [-0.2, -0.15) is 0 Å². The average Bonchev–Trinajstić information content (AvgIpc) is 2.38. The van der Waals surface area contributed by atoms with Crippen molar-refractivity contribution in [2.75, 3.05) is 13.7 Å². The summed E-state index contributed by atoms with van der Waals surface area (Å²) in [7, 11) is 1.70. The zero-order chi connectivity index (χ0) is 14.5. The van der Waals surface area contributed by atoms with Crippen LogP contribution >= 0.6 is 0 Å². The zero-order valence-electron chi connectivity index (χ0n) is 11.6. The molecule has 0 radical (unpaired) electrons. The van der Waals surface area contributed by atoms with E-state index in [9.17, 15) is 9.18 Å². The van der Waals surface area contributed by atoms with Crippen LogP contribution in [0.15, 0.2) is 18.2 Å². The standard InChI is InChI=1S/C14H21FN2O2/c1-10-5-6-11(15)9-12(10)19-8-4-7-14(2,17-3)13(16)18/h5-6,9,17H,4,7-8H2,1-3H3,(H2,16,18). The summed E-state index contributed by atoms with van der Waals surface area (Å²) in [5, 5.41) is 2.91. The van der Waals surface area contributed by atoms with Gasteiger partial charge >= 0.3 is 0 Å². The summed E-state index contributed by atoms with van der Waals surface area (Å²) >= 11 is 0. The van der Waals surface area contributed by atoms with E-state index in [2.05, 4.69) is 5.32 Å². The van der Waals surface area contributed by atoms with Crippen LogP contribution in [0.4, 0.5) is 4.39 Å². The minimum Gasteiger partial charge on any atom is -0.493 e. The van der Waals surface area contributed by atoms with Gasteiger partial charge in [-0.05, 0) is 45.4 Å². The number of hydrogen-bond acceptors (Lipinski definition) is 3. The number of ether oxygens (including phenoxy) is 1. The molecule has 1 rings (SSSR count). The maximum Gasteiger partial charge on any atom is 0.237 e. The summed E-state index contributed by atoms with van der Waals surface area (Å²) in [6, 6.07) is 4.43. The number of likely N-dealkylation sites (N-methyl/N-ethyl adjacent to an activating group) is 1. The lowest BCUT2D eigenvalue weighted by Crippen LogP contribution is -2.51. The summed E-state index contributed by atoms with van der Waals surface area (Å²) in [6.07, 6.45) is 1.21. The molecule has 1 aromatic rings. The molecule has 5 heteroatoms. The Morgan fingerprint density at radius 1 is 1.53 bits per heavy atom. The maximum atomic E-state index is 13.1. The molecule has 1 amide bonds. The number of halogens is 1. The van der Waals surface area contributed by atoms with Crippen LogP contribution in [-0.4, -0.2) is 25.1 Å². The van der Waals surface area contributed by atoms with E-state index in [0.29, 0.717) is 25.2 Å². The Hall–Kier alpha value is -1.62. The molecular formula is C14H21FN2O2. The van der Waals surface area contributed by atoms with Crippen LogP contribution < -0.4 is 15.8 Å². The fourth-order valence-corrected chi connectivity index (χ4v) is 1.71. The molecule has 19 heavy (non-hydrogen) atoms. The minimum absolute atomic E-state index is 0.321. The average molecular weight is 268 g/mol. The number of hydrogen-bond donors (Lipinski definition) is 2. The summed E-state index contributed by atoms with van der Waals surface area (Å²) in [6.45, 7) is 4.02. The molecule has 3 N–H and O–H groups in total. The van der Waals surface area contributed by atoms with Gasteiger partial charge < -0.3 is 15.8 Å². The predicted octanol–water partition coefficient (Wildman–Crippen LogP) is 1.76. The summed E-state index contributed by atoms with van der Waals surface area (Å²) in [5.41, 5.74) is 5.47. The topological polar surface area (TPSA) is 64.3 Å². The van der Waals surface area contributed by atoms with Crippen molar-refractivity contribution < 1.29 is 13.9 Å². The summed E-state index contributed by atoms with van der Waals surface area (Å²) < 4.78 is 18.6. The fraction of sp³-hybridized carbons (Fsp3) is 0.500. The Kier molecular flexibility index (Phi) is 5.30. The molecule has 0 heterocycles. The Morgan fingerprint density at radius 3 is 2.79 bits per heavy atom. The van der Waals surface area contributed by atoms with Crippen molar-refractivity contribution in [3.8, 4) is 5.75 Å². The van der Waals surface area contributed by atoms with Crippen LogP contribution in [0, 0.1) is 12.7 Å². The number of amides is 1. The molecule has 0 bridgehead atoms. The van der Waals surface area contributed by atoms with Crippen molar-refractivity contribution in [2.24, 2.45) is 5.73 Å². The SMILES string of the molecule is CNC(C)(CCCOc1cc(F)ccc1C)C(N)=O. The van der Waals surface area contributed by atoms with Gasteiger partial charge in [0.2, 0.25) is 5.91 Å². The first-order chi connectivity index (χ1) is 8.89. The van der Waals surface area contributed by atoms with Crippen LogP contribution in [-0.2, 0) is 4.79 Å². The quantitative estimate of drug-likeness (QED) is 0.741. The minimum atomic E-state index is -0.736. The van der Waals surface area contributed by atoms with Crippen molar-refractivity contribution in [3.63, 3.8) is 0 Å². The lowest BCUT2D eigenvalue weighted by molar-refractivity contribution is -0.123. The predicted molar refractivity (Wildman–Crippen MR) is 72.5 cm³/mol. The van der Waals surface area contributed by atoms with Crippen LogP contribution in [0.5, 0.6) is 5.75 Å². The Balaban J connectivity index is 2.47. The van der Waals surface area contributed by atoms with Gasteiger partial charge in [-0.15, -0.1) is 0 Å². The number of nitrogens with two attached hydrogens (primary N) is 1. The number of carbonyl (C=O) groups is 1. The molecule has 0 aliphatic carbocycles. The normalized spacial score (nSPS) is 13.9. The molecule has 1 aromatic carbocycles. The molecule has 0 aromatic heterocycles. The molecular weight excluding hydrogens is 247 g/mol. The van der Waals surface area contributed by atoms with Crippen molar-refractivity contribution in [3.05, 3.63) is 29.6 Å². The summed E-state index contributed by atoms with van der Waals surface area (Å²) in [5.74, 6) is -0.181.